The van der Waals surface area contributed by atoms with Crippen LogP contribution in [0.2, 0.25) is 0 Å². The van der Waals surface area contributed by atoms with Crippen molar-refractivity contribution in [2.24, 2.45) is 11.7 Å². The summed E-state index contributed by atoms with van der Waals surface area (Å²) in [5.74, 6) is 0.589. The first-order valence-corrected chi connectivity index (χ1v) is 6.94. The van der Waals surface area contributed by atoms with E-state index in [9.17, 15) is 0 Å². The molecule has 0 aliphatic heterocycles. The first kappa shape index (κ1) is 13.7. The molecule has 16 heavy (non-hydrogen) atoms. The molecule has 0 fully saturated rings. The van der Waals surface area contributed by atoms with Crippen LogP contribution in [-0.2, 0) is 6.42 Å². The molecule has 2 nitrogen and oxygen atoms in total. The SMILES string of the molecule is CC(C)C(N)CCN(C)CCc1cccs1. The molecule has 0 saturated carbocycles. The lowest BCUT2D eigenvalue weighted by molar-refractivity contribution is 0.306. The van der Waals surface area contributed by atoms with E-state index in [0.717, 1.165) is 25.9 Å². The molecule has 0 spiro atoms. The maximum Gasteiger partial charge on any atom is 0.00740 e. The summed E-state index contributed by atoms with van der Waals surface area (Å²) in [6.07, 6.45) is 2.25. The van der Waals surface area contributed by atoms with Crippen molar-refractivity contribution < 1.29 is 0 Å². The Bertz CT molecular complexity index is 269. The second-order valence-corrected chi connectivity index (χ2v) is 5.86. The predicted molar refractivity (Wildman–Crippen MR) is 73.0 cm³/mol. The van der Waals surface area contributed by atoms with Crippen LogP contribution in [0.15, 0.2) is 17.5 Å². The quantitative estimate of drug-likeness (QED) is 0.794. The third kappa shape index (κ3) is 5.10. The minimum atomic E-state index is 0.337. The molecule has 0 radical (unpaired) electrons. The number of hydrogen-bond acceptors (Lipinski definition) is 3. The average molecular weight is 240 g/mol. The van der Waals surface area contributed by atoms with Gasteiger partial charge in [-0.25, -0.2) is 0 Å². The van der Waals surface area contributed by atoms with Gasteiger partial charge in [-0.05, 0) is 43.8 Å². The fraction of sp³-hybridized carbons (Fsp3) is 0.692. The zero-order valence-electron chi connectivity index (χ0n) is 10.6. The van der Waals surface area contributed by atoms with E-state index in [4.69, 9.17) is 5.73 Å². The molecule has 3 heteroatoms. The van der Waals surface area contributed by atoms with Gasteiger partial charge in [-0.15, -0.1) is 11.3 Å². The van der Waals surface area contributed by atoms with E-state index in [-0.39, 0.29) is 0 Å². The first-order chi connectivity index (χ1) is 7.59. The van der Waals surface area contributed by atoms with E-state index in [0.29, 0.717) is 12.0 Å². The number of nitrogens with zero attached hydrogens (tertiary/aromatic N) is 1. The molecule has 0 amide bonds. The van der Waals surface area contributed by atoms with Gasteiger partial charge in [0, 0.05) is 17.5 Å². The zero-order valence-corrected chi connectivity index (χ0v) is 11.5. The van der Waals surface area contributed by atoms with E-state index < -0.39 is 0 Å². The molecule has 0 bridgehead atoms. The van der Waals surface area contributed by atoms with Crippen molar-refractivity contribution in [2.45, 2.75) is 32.7 Å². The predicted octanol–water partition coefficient (Wildman–Crippen LogP) is 2.60. The molecule has 92 valence electrons. The summed E-state index contributed by atoms with van der Waals surface area (Å²) in [5.41, 5.74) is 6.03. The monoisotopic (exact) mass is 240 g/mol. The molecule has 1 rings (SSSR count). The summed E-state index contributed by atoms with van der Waals surface area (Å²) in [6, 6.07) is 4.66. The Hall–Kier alpha value is -0.380. The third-order valence-corrected chi connectivity index (χ3v) is 3.96. The molecule has 1 heterocycles. The molecular formula is C13H24N2S. The summed E-state index contributed by atoms with van der Waals surface area (Å²) < 4.78 is 0. The molecule has 1 unspecified atom stereocenters. The number of thiophene rings is 1. The number of nitrogens with two attached hydrogens (primary N) is 1. The number of rotatable bonds is 7. The Balaban J connectivity index is 2.13. The fourth-order valence-electron chi connectivity index (χ4n) is 1.57. The van der Waals surface area contributed by atoms with Gasteiger partial charge in [-0.2, -0.15) is 0 Å². The highest BCUT2D eigenvalue weighted by molar-refractivity contribution is 7.09. The molecule has 0 saturated heterocycles. The largest absolute Gasteiger partial charge is 0.327 e. The van der Waals surface area contributed by atoms with Crippen LogP contribution in [0.4, 0.5) is 0 Å². The normalized spacial score (nSPS) is 13.6. The van der Waals surface area contributed by atoms with Gasteiger partial charge in [-0.1, -0.05) is 19.9 Å². The van der Waals surface area contributed by atoms with Crippen molar-refractivity contribution in [3.05, 3.63) is 22.4 Å². The van der Waals surface area contributed by atoms with Crippen molar-refractivity contribution in [1.29, 1.82) is 0 Å². The van der Waals surface area contributed by atoms with Gasteiger partial charge in [0.1, 0.15) is 0 Å². The van der Waals surface area contributed by atoms with Gasteiger partial charge in [0.25, 0.3) is 0 Å². The van der Waals surface area contributed by atoms with Gasteiger partial charge in [0.15, 0.2) is 0 Å². The Kier molecular flexibility index (Phi) is 6.03. The van der Waals surface area contributed by atoms with Crippen molar-refractivity contribution in [3.8, 4) is 0 Å². The maximum atomic E-state index is 6.03. The Morgan fingerprint density at radius 2 is 2.12 bits per heavy atom. The summed E-state index contributed by atoms with van der Waals surface area (Å²) >= 11 is 1.84. The minimum Gasteiger partial charge on any atom is -0.327 e. The molecule has 0 aliphatic rings. The summed E-state index contributed by atoms with van der Waals surface area (Å²) in [4.78, 5) is 3.85. The van der Waals surface area contributed by atoms with E-state index in [2.05, 4.69) is 43.3 Å². The van der Waals surface area contributed by atoms with Crippen LogP contribution in [0, 0.1) is 5.92 Å². The van der Waals surface area contributed by atoms with E-state index in [1.807, 2.05) is 11.3 Å². The maximum absolute atomic E-state index is 6.03. The zero-order chi connectivity index (χ0) is 12.0. The van der Waals surface area contributed by atoms with Crippen LogP contribution < -0.4 is 5.73 Å². The average Bonchev–Trinajstić information content (AvgIpc) is 2.75. The van der Waals surface area contributed by atoms with Crippen LogP contribution >= 0.6 is 11.3 Å². The Morgan fingerprint density at radius 1 is 1.38 bits per heavy atom. The molecule has 0 aromatic carbocycles. The van der Waals surface area contributed by atoms with Crippen molar-refractivity contribution in [2.75, 3.05) is 20.1 Å². The second kappa shape index (κ2) is 7.05. The number of likely N-dealkylation sites (N-methyl/N-ethyl adjacent to an activating group) is 1. The number of hydrogen-bond donors (Lipinski definition) is 1. The molecular weight excluding hydrogens is 216 g/mol. The highest BCUT2D eigenvalue weighted by Gasteiger charge is 2.08. The van der Waals surface area contributed by atoms with Crippen LogP contribution in [0.3, 0.4) is 0 Å². The van der Waals surface area contributed by atoms with E-state index in [1.54, 1.807) is 0 Å². The second-order valence-electron chi connectivity index (χ2n) is 4.83. The van der Waals surface area contributed by atoms with Gasteiger partial charge in [0.2, 0.25) is 0 Å². The Morgan fingerprint density at radius 3 is 2.69 bits per heavy atom. The van der Waals surface area contributed by atoms with Gasteiger partial charge < -0.3 is 10.6 Å². The highest BCUT2D eigenvalue weighted by Crippen LogP contribution is 2.10. The molecule has 1 aromatic rings. The summed E-state index contributed by atoms with van der Waals surface area (Å²) in [7, 11) is 2.18. The van der Waals surface area contributed by atoms with Crippen molar-refractivity contribution >= 4 is 11.3 Å². The van der Waals surface area contributed by atoms with E-state index >= 15 is 0 Å². The molecule has 2 N–H and O–H groups in total. The topological polar surface area (TPSA) is 29.3 Å². The van der Waals surface area contributed by atoms with Crippen LogP contribution in [0.1, 0.15) is 25.1 Å². The first-order valence-electron chi connectivity index (χ1n) is 6.06. The molecule has 1 aromatic heterocycles. The van der Waals surface area contributed by atoms with E-state index in [1.165, 1.54) is 4.88 Å². The smallest absolute Gasteiger partial charge is 0.00740 e. The highest BCUT2D eigenvalue weighted by atomic mass is 32.1. The lowest BCUT2D eigenvalue weighted by Crippen LogP contribution is -2.32. The van der Waals surface area contributed by atoms with Crippen molar-refractivity contribution in [1.82, 2.24) is 4.90 Å². The minimum absolute atomic E-state index is 0.337. The van der Waals surface area contributed by atoms with Crippen LogP contribution in [-0.4, -0.2) is 31.1 Å². The fourth-order valence-corrected chi connectivity index (χ4v) is 2.27. The van der Waals surface area contributed by atoms with Crippen LogP contribution in [0.25, 0.3) is 0 Å². The third-order valence-electron chi connectivity index (χ3n) is 3.02. The van der Waals surface area contributed by atoms with Crippen molar-refractivity contribution in [3.63, 3.8) is 0 Å². The van der Waals surface area contributed by atoms with Gasteiger partial charge in [-0.3, -0.25) is 0 Å². The van der Waals surface area contributed by atoms with Gasteiger partial charge >= 0.3 is 0 Å². The summed E-state index contributed by atoms with van der Waals surface area (Å²) in [6.45, 7) is 6.61. The van der Waals surface area contributed by atoms with Gasteiger partial charge in [0.05, 0.1) is 0 Å². The molecule has 0 aliphatic carbocycles. The lowest BCUT2D eigenvalue weighted by atomic mass is 10.0. The molecule has 1 atom stereocenters. The van der Waals surface area contributed by atoms with Crippen LogP contribution in [0.5, 0.6) is 0 Å². The Labute approximate surface area is 103 Å². The standard InChI is InChI=1S/C13H24N2S/c1-11(2)13(14)7-9-15(3)8-6-12-5-4-10-16-12/h4-5,10-11,13H,6-9,14H2,1-3H3. The summed E-state index contributed by atoms with van der Waals surface area (Å²) in [5, 5.41) is 2.14. The lowest BCUT2D eigenvalue weighted by Gasteiger charge is -2.21.